The van der Waals surface area contributed by atoms with Gasteiger partial charge in [-0.25, -0.2) is 18.4 Å². The number of benzene rings is 2. The van der Waals surface area contributed by atoms with Gasteiger partial charge in [0.1, 0.15) is 10.6 Å². The molecule has 4 N–H and O–H groups in total. The Hall–Kier alpha value is -2.29. The molecule has 0 aromatic heterocycles. The molecular weight excluding hydrogens is 344 g/mol. The van der Waals surface area contributed by atoms with Crippen molar-refractivity contribution in [2.75, 3.05) is 12.4 Å². The summed E-state index contributed by atoms with van der Waals surface area (Å²) in [5.41, 5.74) is 0.320. The highest BCUT2D eigenvalue weighted by atomic mass is 35.5. The van der Waals surface area contributed by atoms with Crippen LogP contribution < -0.4 is 15.2 Å². The van der Waals surface area contributed by atoms with Crippen LogP contribution in [-0.4, -0.2) is 26.6 Å². The lowest BCUT2D eigenvalue weighted by Gasteiger charge is -2.14. The number of nitrogens with one attached hydrogen (secondary N) is 1. The molecule has 0 aliphatic rings. The molecule has 0 atom stereocenters. The molecule has 0 fully saturated rings. The number of carbonyl (C=O) groups is 1. The van der Waals surface area contributed by atoms with Crippen LogP contribution in [0.4, 0.5) is 11.4 Å². The molecule has 0 radical (unpaired) electrons. The zero-order valence-electron chi connectivity index (χ0n) is 11.9. The zero-order valence-corrected chi connectivity index (χ0v) is 13.5. The molecule has 0 heterocycles. The molecule has 0 saturated heterocycles. The highest BCUT2D eigenvalue weighted by Crippen LogP contribution is 2.33. The normalized spacial score (nSPS) is 11.1. The number of carboxylic acids is 1. The van der Waals surface area contributed by atoms with Crippen LogP contribution in [0.25, 0.3) is 0 Å². The van der Waals surface area contributed by atoms with E-state index < -0.39 is 20.9 Å². The second kappa shape index (κ2) is 6.45. The van der Waals surface area contributed by atoms with E-state index in [9.17, 15) is 18.3 Å². The average molecular weight is 357 g/mol. The molecule has 122 valence electrons. The fourth-order valence-corrected chi connectivity index (χ4v) is 3.04. The quantitative estimate of drug-likeness (QED) is 0.757. The first kappa shape index (κ1) is 17.1. The predicted octanol–water partition coefficient (Wildman–Crippen LogP) is 2.44. The fourth-order valence-electron chi connectivity index (χ4n) is 1.94. The predicted molar refractivity (Wildman–Crippen MR) is 86.1 cm³/mol. The summed E-state index contributed by atoms with van der Waals surface area (Å²) in [4.78, 5) is 11.0. The Balaban J connectivity index is 2.59. The van der Waals surface area contributed by atoms with Gasteiger partial charge in [0.05, 0.1) is 29.1 Å². The van der Waals surface area contributed by atoms with E-state index in [4.69, 9.17) is 21.5 Å². The van der Waals surface area contributed by atoms with E-state index >= 15 is 0 Å². The van der Waals surface area contributed by atoms with Crippen LogP contribution in [0.3, 0.4) is 0 Å². The number of rotatable bonds is 5. The molecule has 0 saturated carbocycles. The number of hydrogen-bond acceptors (Lipinski definition) is 5. The number of ether oxygens (including phenoxy) is 1. The number of halogens is 1. The molecule has 0 spiro atoms. The van der Waals surface area contributed by atoms with Crippen molar-refractivity contribution in [2.24, 2.45) is 5.14 Å². The number of nitrogens with two attached hydrogens (primary N) is 1. The van der Waals surface area contributed by atoms with Gasteiger partial charge in [-0.15, -0.1) is 0 Å². The third kappa shape index (κ3) is 3.73. The Morgan fingerprint density at radius 1 is 1.26 bits per heavy atom. The van der Waals surface area contributed by atoms with Crippen molar-refractivity contribution < 1.29 is 23.1 Å². The van der Waals surface area contributed by atoms with Crippen LogP contribution in [0.5, 0.6) is 5.75 Å². The Bertz CT molecular complexity index is 867. The zero-order chi connectivity index (χ0) is 17.2. The Morgan fingerprint density at radius 2 is 1.91 bits per heavy atom. The number of methoxy groups -OCH3 is 1. The summed E-state index contributed by atoms with van der Waals surface area (Å²) in [5, 5.41) is 17.0. The van der Waals surface area contributed by atoms with E-state index in [1.165, 1.54) is 13.2 Å². The molecule has 7 nitrogen and oxygen atoms in total. The number of aromatic carboxylic acids is 1. The van der Waals surface area contributed by atoms with E-state index in [1.807, 2.05) is 0 Å². The third-order valence-corrected chi connectivity index (χ3v) is 4.36. The first-order valence-electron chi connectivity index (χ1n) is 6.23. The largest absolute Gasteiger partial charge is 0.495 e. The smallest absolute Gasteiger partial charge is 0.337 e. The van der Waals surface area contributed by atoms with E-state index in [1.54, 1.807) is 24.3 Å². The van der Waals surface area contributed by atoms with Gasteiger partial charge in [0.15, 0.2) is 0 Å². The van der Waals surface area contributed by atoms with Crippen LogP contribution in [-0.2, 0) is 10.0 Å². The van der Waals surface area contributed by atoms with Crippen molar-refractivity contribution in [2.45, 2.75) is 4.90 Å². The minimum Gasteiger partial charge on any atom is -0.495 e. The maximum atomic E-state index is 11.5. The van der Waals surface area contributed by atoms with Crippen molar-refractivity contribution in [3.05, 3.63) is 47.0 Å². The first-order valence-corrected chi connectivity index (χ1v) is 8.16. The highest BCUT2D eigenvalue weighted by molar-refractivity contribution is 7.89. The number of hydrogen-bond donors (Lipinski definition) is 3. The molecule has 0 aliphatic carbocycles. The van der Waals surface area contributed by atoms with Crippen molar-refractivity contribution in [1.29, 1.82) is 0 Å². The van der Waals surface area contributed by atoms with Gasteiger partial charge in [-0.1, -0.05) is 23.7 Å². The molecule has 2 rings (SSSR count). The second-order valence-electron chi connectivity index (χ2n) is 4.50. The summed E-state index contributed by atoms with van der Waals surface area (Å²) >= 11 is 5.91. The fraction of sp³-hybridized carbons (Fsp3) is 0.0714. The topological polar surface area (TPSA) is 119 Å². The summed E-state index contributed by atoms with van der Waals surface area (Å²) in [5.74, 6) is -0.848. The molecular formula is C14H13ClN2O5S. The van der Waals surface area contributed by atoms with E-state index in [-0.39, 0.29) is 16.3 Å². The Morgan fingerprint density at radius 3 is 2.48 bits per heavy atom. The third-order valence-electron chi connectivity index (χ3n) is 2.99. The number of carboxylic acid groups (broad SMARTS) is 1. The van der Waals surface area contributed by atoms with Gasteiger partial charge < -0.3 is 15.2 Å². The Kier molecular flexibility index (Phi) is 4.79. The van der Waals surface area contributed by atoms with Crippen molar-refractivity contribution in [3.63, 3.8) is 0 Å². The molecule has 0 bridgehead atoms. The van der Waals surface area contributed by atoms with Gasteiger partial charge in [0.25, 0.3) is 0 Å². The summed E-state index contributed by atoms with van der Waals surface area (Å²) in [7, 11) is -2.67. The molecule has 2 aromatic carbocycles. The standard InChI is InChI=1S/C14H13ClN2O5S/c1-22-12-5-3-2-4-10(12)17-11-7-9(15)13(23(16,20)21)6-8(11)14(18)19/h2-7,17H,1H3,(H,18,19)(H2,16,20,21). The van der Waals surface area contributed by atoms with Crippen LogP contribution >= 0.6 is 11.6 Å². The molecule has 0 aliphatic heterocycles. The van der Waals surface area contributed by atoms with Gasteiger partial charge >= 0.3 is 5.97 Å². The SMILES string of the molecule is COc1ccccc1Nc1cc(Cl)c(S(N)(=O)=O)cc1C(=O)O. The maximum Gasteiger partial charge on any atom is 0.337 e. The summed E-state index contributed by atoms with van der Waals surface area (Å²) in [6.07, 6.45) is 0. The van der Waals surface area contributed by atoms with Gasteiger partial charge in [-0.2, -0.15) is 0 Å². The number of sulfonamides is 1. The van der Waals surface area contributed by atoms with Gasteiger partial charge in [-0.3, -0.25) is 0 Å². The van der Waals surface area contributed by atoms with Crippen LogP contribution in [0.1, 0.15) is 10.4 Å². The minimum atomic E-state index is -4.14. The van der Waals surface area contributed by atoms with Gasteiger partial charge in [0.2, 0.25) is 10.0 Å². The monoisotopic (exact) mass is 356 g/mol. The summed E-state index contributed by atoms with van der Waals surface area (Å²) < 4.78 is 28.1. The number of primary sulfonamides is 1. The van der Waals surface area contributed by atoms with E-state index in [0.717, 1.165) is 6.07 Å². The Labute approximate surface area is 137 Å². The molecule has 0 unspecified atom stereocenters. The van der Waals surface area contributed by atoms with Crippen LogP contribution in [0, 0.1) is 0 Å². The average Bonchev–Trinajstić information content (AvgIpc) is 2.46. The van der Waals surface area contributed by atoms with Gasteiger partial charge in [0, 0.05) is 0 Å². The minimum absolute atomic E-state index is 0.111. The molecule has 23 heavy (non-hydrogen) atoms. The summed E-state index contributed by atoms with van der Waals surface area (Å²) in [6.45, 7) is 0. The van der Waals surface area contributed by atoms with Gasteiger partial charge in [-0.05, 0) is 24.3 Å². The van der Waals surface area contributed by atoms with Crippen LogP contribution in [0.2, 0.25) is 5.02 Å². The molecule has 9 heteroatoms. The van der Waals surface area contributed by atoms with Crippen molar-refractivity contribution >= 4 is 39.0 Å². The van der Waals surface area contributed by atoms with Crippen LogP contribution in [0.15, 0.2) is 41.3 Å². The number of anilines is 2. The first-order chi connectivity index (χ1) is 10.7. The van der Waals surface area contributed by atoms with E-state index in [2.05, 4.69) is 5.32 Å². The van der Waals surface area contributed by atoms with E-state index in [0.29, 0.717) is 11.4 Å². The lowest BCUT2D eigenvalue weighted by molar-refractivity contribution is 0.0697. The molecule has 2 aromatic rings. The lowest BCUT2D eigenvalue weighted by atomic mass is 10.1. The number of para-hydroxylation sites is 2. The highest BCUT2D eigenvalue weighted by Gasteiger charge is 2.20. The second-order valence-corrected chi connectivity index (χ2v) is 6.44. The summed E-state index contributed by atoms with van der Waals surface area (Å²) in [6, 6.07) is 8.94. The van der Waals surface area contributed by atoms with Crippen molar-refractivity contribution in [1.82, 2.24) is 0 Å². The van der Waals surface area contributed by atoms with Crippen molar-refractivity contribution in [3.8, 4) is 5.75 Å². The molecule has 0 amide bonds. The lowest BCUT2D eigenvalue weighted by Crippen LogP contribution is -2.14. The maximum absolute atomic E-state index is 11.5.